The van der Waals surface area contributed by atoms with Crippen molar-refractivity contribution in [1.82, 2.24) is 0 Å². The molecule has 0 aromatic heterocycles. The first-order valence-corrected chi connectivity index (χ1v) is 1.48. The molecule has 0 fully saturated rings. The van der Waals surface area contributed by atoms with Crippen molar-refractivity contribution in [2.24, 2.45) is 0 Å². The Kier molecular flexibility index (Phi) is 0.218. The van der Waals surface area contributed by atoms with E-state index in [0.29, 0.717) is 0 Å². The molecule has 0 heterocycles. The van der Waals surface area contributed by atoms with E-state index < -0.39 is 18.5 Å². The Hall–Kier alpha value is 0.480. The van der Waals surface area contributed by atoms with E-state index in [4.69, 9.17) is 9.60 Å². The summed E-state index contributed by atoms with van der Waals surface area (Å²) in [6.07, 6.45) is 0. The van der Waals surface area contributed by atoms with Gasteiger partial charge >= 0.3 is 0 Å². The van der Waals surface area contributed by atoms with Gasteiger partial charge < -0.3 is 0 Å². The maximum atomic E-state index is 7.02. The molecular formula is C3H7Br. The lowest BCUT2D eigenvalue weighted by Gasteiger charge is -1.76. The summed E-state index contributed by atoms with van der Waals surface area (Å²) in [6, 6.07) is 0. The zero-order valence-electron chi connectivity index (χ0n) is 8.88. The van der Waals surface area contributed by atoms with E-state index >= 15 is 0 Å². The number of alkyl halides is 1. The number of hydrogen-bond acceptors (Lipinski definition) is 0. The van der Waals surface area contributed by atoms with Gasteiger partial charge in [-0.3, -0.25) is 0 Å². The van der Waals surface area contributed by atoms with Crippen molar-refractivity contribution in [2.45, 2.75) is 18.5 Å². The van der Waals surface area contributed by atoms with Crippen LogP contribution in [-0.2, 0) is 0 Å². The van der Waals surface area contributed by atoms with Crippen LogP contribution in [0, 0.1) is 0 Å². The second kappa shape index (κ2) is 1.77. The molecule has 0 bridgehead atoms. The summed E-state index contributed by atoms with van der Waals surface area (Å²) in [4.78, 5) is -2.56. The van der Waals surface area contributed by atoms with E-state index in [1.807, 2.05) is 0 Å². The van der Waals surface area contributed by atoms with Crippen molar-refractivity contribution in [2.75, 3.05) is 0 Å². The van der Waals surface area contributed by atoms with Gasteiger partial charge in [-0.1, -0.05) is 29.6 Å². The lowest BCUT2D eigenvalue weighted by Crippen LogP contribution is -1.69. The van der Waals surface area contributed by atoms with Crippen LogP contribution in [0.25, 0.3) is 0 Å². The van der Waals surface area contributed by atoms with Crippen molar-refractivity contribution in [1.29, 1.82) is 0 Å². The van der Waals surface area contributed by atoms with E-state index in [2.05, 4.69) is 15.9 Å². The minimum absolute atomic E-state index is 2.36. The second-order valence-corrected chi connectivity index (χ2v) is 1.11. The van der Waals surface area contributed by atoms with Gasteiger partial charge in [-0.05, 0) is 0 Å². The molecule has 4 heavy (non-hydrogen) atoms. The smallest absolute Gasteiger partial charge is 0.0417 e. The summed E-state index contributed by atoms with van der Waals surface area (Å²) in [5, 5.41) is 0. The second-order valence-electron chi connectivity index (χ2n) is 0.314. The summed E-state index contributed by atoms with van der Waals surface area (Å²) in [6.45, 7) is -5.70. The van der Waals surface area contributed by atoms with E-state index in [1.165, 1.54) is 0 Å². The molecule has 0 aromatic rings. The lowest BCUT2D eigenvalue weighted by atomic mass is 10.6. The minimum Gasteiger partial charge on any atom is -0.0897 e. The van der Waals surface area contributed by atoms with Crippen molar-refractivity contribution >= 4 is 15.9 Å². The van der Waals surface area contributed by atoms with E-state index in [-0.39, 0.29) is 0 Å². The van der Waals surface area contributed by atoms with E-state index in [9.17, 15) is 0 Å². The average Bonchev–Trinajstić information content (AvgIpc) is 1.58. The van der Waals surface area contributed by atoms with E-state index in [1.54, 1.807) is 0 Å². The average molecular weight is 130 g/mol. The van der Waals surface area contributed by atoms with Crippen LogP contribution in [0.3, 0.4) is 0 Å². The molecule has 0 atom stereocenters. The van der Waals surface area contributed by atoms with Gasteiger partial charge in [0.15, 0.2) is 0 Å². The van der Waals surface area contributed by atoms with Gasteiger partial charge in [-0.2, -0.15) is 0 Å². The van der Waals surface area contributed by atoms with Crippen molar-refractivity contribution in [3.05, 3.63) is 0 Å². The third-order valence-corrected chi connectivity index (χ3v) is 0. The largest absolute Gasteiger partial charge is 0.0897 e. The standard InChI is InChI=1S/C3H7Br/c1-3(2)4/h3H,1-2H3/i1D3,2D3,3D. The molecule has 0 aliphatic heterocycles. The third-order valence-electron chi connectivity index (χ3n) is 0. The molecule has 0 saturated heterocycles. The van der Waals surface area contributed by atoms with Crippen LogP contribution >= 0.6 is 15.9 Å². The highest BCUT2D eigenvalue weighted by atomic mass is 79.9. The topological polar surface area (TPSA) is 0 Å². The summed E-state index contributed by atoms with van der Waals surface area (Å²) in [5.74, 6) is 0. The fourth-order valence-electron chi connectivity index (χ4n) is 0. The molecule has 0 amide bonds. The van der Waals surface area contributed by atoms with Crippen LogP contribution in [0.5, 0.6) is 0 Å². The summed E-state index contributed by atoms with van der Waals surface area (Å²) in [5.41, 5.74) is 0. The van der Waals surface area contributed by atoms with Crippen LogP contribution in [0.4, 0.5) is 0 Å². The predicted octanol–water partition coefficient (Wildman–Crippen LogP) is 1.79. The Bertz CT molecular complexity index is 125. The van der Waals surface area contributed by atoms with Crippen LogP contribution < -0.4 is 0 Å². The number of halogens is 1. The van der Waals surface area contributed by atoms with Crippen molar-refractivity contribution < 1.29 is 9.60 Å². The maximum absolute atomic E-state index is 7.02. The van der Waals surface area contributed by atoms with Gasteiger partial charge in [0.1, 0.15) is 0 Å². The molecule has 0 spiro atoms. The highest BCUT2D eigenvalue weighted by Gasteiger charge is 1.71. The molecule has 0 aliphatic carbocycles. The van der Waals surface area contributed by atoms with Crippen LogP contribution in [0.15, 0.2) is 0 Å². The third kappa shape index (κ3) is 23.6. The zero-order valence-corrected chi connectivity index (χ0v) is 3.46. The molecular weight excluding hydrogens is 116 g/mol. The maximum Gasteiger partial charge on any atom is 0.0417 e. The van der Waals surface area contributed by atoms with Crippen LogP contribution in [0.2, 0.25) is 0 Å². The first kappa shape index (κ1) is 0.494. The fourth-order valence-corrected chi connectivity index (χ4v) is 0. The monoisotopic (exact) mass is 129 g/mol. The molecule has 0 radical (unpaired) electrons. The molecule has 0 aromatic carbocycles. The van der Waals surface area contributed by atoms with Gasteiger partial charge in [0.25, 0.3) is 0 Å². The summed E-state index contributed by atoms with van der Waals surface area (Å²) < 4.78 is 47.4. The molecule has 0 nitrogen and oxygen atoms in total. The Labute approximate surface area is 45.2 Å². The van der Waals surface area contributed by atoms with Crippen LogP contribution in [-0.4, -0.2) is 4.80 Å². The normalized spacial score (nSPS) is 43.8. The van der Waals surface area contributed by atoms with E-state index in [0.717, 1.165) is 0 Å². The molecule has 26 valence electrons. The fraction of sp³-hybridized carbons (Fsp3) is 1.00. The van der Waals surface area contributed by atoms with Gasteiger partial charge in [0.05, 0.1) is 0 Å². The van der Waals surface area contributed by atoms with Gasteiger partial charge in [-0.25, -0.2) is 0 Å². The van der Waals surface area contributed by atoms with Crippen molar-refractivity contribution in [3.63, 3.8) is 0 Å². The summed E-state index contributed by atoms with van der Waals surface area (Å²) >= 11 is 2.36. The highest BCUT2D eigenvalue weighted by molar-refractivity contribution is 9.09. The molecule has 0 unspecified atom stereocenters. The first-order chi connectivity index (χ1) is 4.50. The molecule has 0 saturated carbocycles. The van der Waals surface area contributed by atoms with Crippen molar-refractivity contribution in [3.8, 4) is 0 Å². The number of hydrogen-bond donors (Lipinski definition) is 0. The summed E-state index contributed by atoms with van der Waals surface area (Å²) in [7, 11) is 0. The van der Waals surface area contributed by atoms with Gasteiger partial charge in [-0.15, -0.1) is 0 Å². The zero-order chi connectivity index (χ0) is 9.50. The molecule has 0 rings (SSSR count). The Morgan fingerprint density at radius 3 is 2.75 bits per heavy atom. The Morgan fingerprint density at radius 2 is 2.75 bits per heavy atom. The van der Waals surface area contributed by atoms with Gasteiger partial charge in [0, 0.05) is 14.4 Å². The van der Waals surface area contributed by atoms with Crippen LogP contribution in [0.1, 0.15) is 23.3 Å². The first-order valence-electron chi connectivity index (χ1n) is 4.19. The highest BCUT2D eigenvalue weighted by Crippen LogP contribution is 1.89. The Balaban J connectivity index is 4.75. The molecule has 1 heteroatoms. The molecule has 0 N–H and O–H groups in total. The quantitative estimate of drug-likeness (QED) is 0.438. The lowest BCUT2D eigenvalue weighted by molar-refractivity contribution is 1.14. The van der Waals surface area contributed by atoms with Gasteiger partial charge in [0.2, 0.25) is 0 Å². The minimum atomic E-state index is -2.85. The number of rotatable bonds is 0. The Morgan fingerprint density at radius 1 is 2.25 bits per heavy atom. The molecule has 0 aliphatic rings. The SMILES string of the molecule is [2H]C([2H])([2H])C([2H])(Br)C([2H])([2H])[2H]. The predicted molar refractivity (Wildman–Crippen MR) is 24.1 cm³/mol.